The summed E-state index contributed by atoms with van der Waals surface area (Å²) in [5.41, 5.74) is 6.02. The Morgan fingerprint density at radius 1 is 1.41 bits per heavy atom. The first-order valence-corrected chi connectivity index (χ1v) is 7.44. The summed E-state index contributed by atoms with van der Waals surface area (Å²) in [6.45, 7) is 12.5. The second-order valence-electron chi connectivity index (χ2n) is 6.37. The number of carbonyl (C=O) groups is 1. The molecule has 0 bridgehead atoms. The summed E-state index contributed by atoms with van der Waals surface area (Å²) < 4.78 is 0. The molecule has 0 saturated carbocycles. The van der Waals surface area contributed by atoms with Gasteiger partial charge in [-0.15, -0.1) is 0 Å². The van der Waals surface area contributed by atoms with Gasteiger partial charge in [0.15, 0.2) is 0 Å². The predicted molar refractivity (Wildman–Crippen MR) is 93.3 cm³/mol. The standard InChI is InChI=1S/C19H20N2O.H2/c1-5-13-14(8-9-17(13)20-4)12-6-7-15-16(10-12)19(2,3)11-21-18(15)22;/h5-8,10H,1,4,9,11H2,2-3H3,(H,21,22);1H. The summed E-state index contributed by atoms with van der Waals surface area (Å²) >= 11 is 0. The fraction of sp³-hybridized carbons (Fsp3) is 0.263. The van der Waals surface area contributed by atoms with Gasteiger partial charge in [-0.25, -0.2) is 0 Å². The van der Waals surface area contributed by atoms with Crippen LogP contribution in [0.25, 0.3) is 5.57 Å². The van der Waals surface area contributed by atoms with Gasteiger partial charge in [0.25, 0.3) is 5.91 Å². The van der Waals surface area contributed by atoms with Gasteiger partial charge < -0.3 is 5.32 Å². The number of aliphatic imine (C=N–C) groups is 1. The number of carbonyl (C=O) groups excluding carboxylic acids is 1. The van der Waals surface area contributed by atoms with E-state index in [-0.39, 0.29) is 12.7 Å². The van der Waals surface area contributed by atoms with Crippen LogP contribution in [0.3, 0.4) is 0 Å². The second kappa shape index (κ2) is 5.09. The smallest absolute Gasteiger partial charge is 0.251 e. The van der Waals surface area contributed by atoms with Crippen LogP contribution in [0.4, 0.5) is 0 Å². The van der Waals surface area contributed by atoms with Crippen LogP contribution in [0.15, 0.2) is 53.2 Å². The molecule has 3 nitrogen and oxygen atoms in total. The van der Waals surface area contributed by atoms with Gasteiger partial charge in [-0.05, 0) is 35.6 Å². The Balaban J connectivity index is 0.00000192. The minimum absolute atomic E-state index is 0. The van der Waals surface area contributed by atoms with Crippen LogP contribution >= 0.6 is 0 Å². The number of fused-ring (bicyclic) bond motifs is 1. The molecule has 3 heteroatoms. The Morgan fingerprint density at radius 3 is 2.86 bits per heavy atom. The topological polar surface area (TPSA) is 41.5 Å². The molecule has 1 aliphatic carbocycles. The zero-order chi connectivity index (χ0) is 15.9. The number of nitrogens with zero attached hydrogens (tertiary/aromatic N) is 1. The third-order valence-corrected chi connectivity index (χ3v) is 4.49. The molecule has 0 unspecified atom stereocenters. The van der Waals surface area contributed by atoms with Crippen LogP contribution in [0.5, 0.6) is 0 Å². The summed E-state index contributed by atoms with van der Waals surface area (Å²) in [6.07, 6.45) is 4.76. The highest BCUT2D eigenvalue weighted by molar-refractivity contribution is 5.98. The van der Waals surface area contributed by atoms with Crippen molar-refractivity contribution in [2.75, 3.05) is 6.54 Å². The summed E-state index contributed by atoms with van der Waals surface area (Å²) in [4.78, 5) is 16.1. The molecule has 0 atom stereocenters. The van der Waals surface area contributed by atoms with Crippen molar-refractivity contribution in [2.24, 2.45) is 4.99 Å². The first kappa shape index (κ1) is 14.5. The Hall–Kier alpha value is -2.42. The molecule has 1 aromatic carbocycles. The second-order valence-corrected chi connectivity index (χ2v) is 6.37. The maximum atomic E-state index is 12.1. The van der Waals surface area contributed by atoms with Crippen LogP contribution < -0.4 is 5.32 Å². The summed E-state index contributed by atoms with van der Waals surface area (Å²) in [6, 6.07) is 6.05. The van der Waals surface area contributed by atoms with Crippen molar-refractivity contribution in [1.29, 1.82) is 0 Å². The van der Waals surface area contributed by atoms with E-state index < -0.39 is 0 Å². The zero-order valence-electron chi connectivity index (χ0n) is 13.1. The molecule has 3 rings (SSSR count). The van der Waals surface area contributed by atoms with Crippen LogP contribution in [-0.2, 0) is 5.41 Å². The van der Waals surface area contributed by atoms with Gasteiger partial charge in [0, 0.05) is 30.9 Å². The number of benzene rings is 1. The SMILES string of the molecule is C=CC1=C(N=C)CC=C1c1ccc2c(c1)C(C)(C)CNC2=O.[HH]. The molecule has 0 fully saturated rings. The molecule has 114 valence electrons. The Bertz CT molecular complexity index is 757. The van der Waals surface area contributed by atoms with Crippen molar-refractivity contribution in [2.45, 2.75) is 25.7 Å². The summed E-state index contributed by atoms with van der Waals surface area (Å²) in [5, 5.41) is 2.95. The molecule has 1 heterocycles. The molecule has 2 aliphatic rings. The van der Waals surface area contributed by atoms with Crippen molar-refractivity contribution in [1.82, 2.24) is 5.32 Å². The molecule has 0 radical (unpaired) electrons. The Kier molecular flexibility index (Phi) is 3.36. The molecule has 0 aromatic heterocycles. The molecule has 1 amide bonds. The van der Waals surface area contributed by atoms with E-state index in [0.29, 0.717) is 6.54 Å². The molecule has 22 heavy (non-hydrogen) atoms. The Labute approximate surface area is 132 Å². The lowest BCUT2D eigenvalue weighted by molar-refractivity contribution is 0.0930. The minimum atomic E-state index is -0.0734. The van der Waals surface area contributed by atoms with Gasteiger partial charge in [-0.2, -0.15) is 0 Å². The fourth-order valence-corrected chi connectivity index (χ4v) is 3.19. The van der Waals surface area contributed by atoms with Crippen LogP contribution in [0.1, 0.15) is 43.2 Å². The van der Waals surface area contributed by atoms with Gasteiger partial charge in [0.05, 0.1) is 5.70 Å². The van der Waals surface area contributed by atoms with Gasteiger partial charge in [0.1, 0.15) is 0 Å². The minimum Gasteiger partial charge on any atom is -0.351 e. The monoisotopic (exact) mass is 294 g/mol. The van der Waals surface area contributed by atoms with E-state index in [0.717, 1.165) is 40.0 Å². The average Bonchev–Trinajstić information content (AvgIpc) is 2.94. The summed E-state index contributed by atoms with van der Waals surface area (Å²) in [5.74, 6) is 0.00853. The van der Waals surface area contributed by atoms with Gasteiger partial charge in [-0.1, -0.05) is 38.6 Å². The number of rotatable bonds is 3. The number of nitrogens with one attached hydrogen (secondary N) is 1. The molecule has 1 N–H and O–H groups in total. The van der Waals surface area contributed by atoms with Crippen molar-refractivity contribution < 1.29 is 6.22 Å². The van der Waals surface area contributed by atoms with Crippen molar-refractivity contribution in [3.05, 3.63) is 64.9 Å². The highest BCUT2D eigenvalue weighted by Crippen LogP contribution is 2.38. The van der Waals surface area contributed by atoms with Crippen molar-refractivity contribution in [3.63, 3.8) is 0 Å². The molecule has 1 aliphatic heterocycles. The largest absolute Gasteiger partial charge is 0.351 e. The Morgan fingerprint density at radius 2 is 2.18 bits per heavy atom. The van der Waals surface area contributed by atoms with Crippen LogP contribution in [0, 0.1) is 0 Å². The van der Waals surface area contributed by atoms with E-state index >= 15 is 0 Å². The third kappa shape index (κ3) is 2.13. The highest BCUT2D eigenvalue weighted by Gasteiger charge is 2.32. The molecule has 0 spiro atoms. The average molecular weight is 294 g/mol. The van der Waals surface area contributed by atoms with Gasteiger partial charge >= 0.3 is 0 Å². The lowest BCUT2D eigenvalue weighted by Gasteiger charge is -2.33. The maximum absolute atomic E-state index is 12.1. The predicted octanol–water partition coefficient (Wildman–Crippen LogP) is 3.88. The van der Waals surface area contributed by atoms with Crippen molar-refractivity contribution >= 4 is 18.2 Å². The van der Waals surface area contributed by atoms with Crippen LogP contribution in [0.2, 0.25) is 0 Å². The summed E-state index contributed by atoms with van der Waals surface area (Å²) in [7, 11) is 0. The van der Waals surface area contributed by atoms with Gasteiger partial charge in [0.2, 0.25) is 0 Å². The van der Waals surface area contributed by atoms with Crippen LogP contribution in [-0.4, -0.2) is 19.2 Å². The number of allylic oxidation sites excluding steroid dienone is 4. The molecule has 1 aromatic rings. The number of hydrogen-bond acceptors (Lipinski definition) is 2. The first-order chi connectivity index (χ1) is 10.5. The lowest BCUT2D eigenvalue weighted by Crippen LogP contribution is -2.43. The molecular weight excluding hydrogens is 272 g/mol. The molecular formula is C19H22N2O. The quantitative estimate of drug-likeness (QED) is 0.844. The van der Waals surface area contributed by atoms with E-state index in [9.17, 15) is 4.79 Å². The first-order valence-electron chi connectivity index (χ1n) is 7.44. The van der Waals surface area contributed by atoms with Gasteiger partial charge in [-0.3, -0.25) is 9.79 Å². The molecule has 0 saturated heterocycles. The number of amides is 1. The fourth-order valence-electron chi connectivity index (χ4n) is 3.19. The van der Waals surface area contributed by atoms with E-state index in [1.165, 1.54) is 0 Å². The maximum Gasteiger partial charge on any atom is 0.251 e. The van der Waals surface area contributed by atoms with E-state index in [1.807, 2.05) is 18.2 Å². The normalized spacial score (nSPS) is 19.4. The lowest BCUT2D eigenvalue weighted by atomic mass is 9.77. The third-order valence-electron chi connectivity index (χ3n) is 4.49. The number of hydrogen-bond donors (Lipinski definition) is 1. The zero-order valence-corrected chi connectivity index (χ0v) is 13.1. The van der Waals surface area contributed by atoms with E-state index in [4.69, 9.17) is 0 Å². The van der Waals surface area contributed by atoms with E-state index in [2.05, 4.69) is 49.6 Å². The van der Waals surface area contributed by atoms with E-state index in [1.54, 1.807) is 0 Å². The van der Waals surface area contributed by atoms with Crippen molar-refractivity contribution in [3.8, 4) is 0 Å². The highest BCUT2D eigenvalue weighted by atomic mass is 16.1.